The van der Waals surface area contributed by atoms with Gasteiger partial charge in [-0.1, -0.05) is 0 Å². The van der Waals surface area contributed by atoms with Crippen LogP contribution in [0.4, 0.5) is 26.3 Å². The van der Waals surface area contributed by atoms with Gasteiger partial charge in [-0.25, -0.2) is 18.2 Å². The molecule has 1 aliphatic rings. The molecule has 0 saturated carbocycles. The topological polar surface area (TPSA) is 106 Å². The first-order valence-electron chi connectivity index (χ1n) is 11.0. The first-order chi connectivity index (χ1) is 17.4. The van der Waals surface area contributed by atoms with Crippen LogP contribution in [0.15, 0.2) is 28.7 Å². The number of halogens is 6. The normalized spacial score (nSPS) is 14.4. The van der Waals surface area contributed by atoms with Crippen molar-refractivity contribution < 1.29 is 40.3 Å². The van der Waals surface area contributed by atoms with Crippen molar-refractivity contribution in [3.8, 4) is 11.5 Å². The van der Waals surface area contributed by atoms with Crippen molar-refractivity contribution in [3.63, 3.8) is 0 Å². The van der Waals surface area contributed by atoms with E-state index in [1.165, 1.54) is 24.1 Å². The summed E-state index contributed by atoms with van der Waals surface area (Å²) in [4.78, 5) is 29.7. The monoisotopic (exact) mass is 529 g/mol. The SMILES string of the molecule is CNC(=O)c1ccc(-c2nc(C(F)(F)F)n3c2CN(C(=O)C[C@H](N)Cc2cc(F)c(F)cc2F)CC3)o1. The lowest BCUT2D eigenvalue weighted by Crippen LogP contribution is -2.42. The lowest BCUT2D eigenvalue weighted by Gasteiger charge is -2.30. The maximum atomic E-state index is 13.9. The number of imidazole rings is 1. The van der Waals surface area contributed by atoms with Crippen molar-refractivity contribution in [1.29, 1.82) is 0 Å². The zero-order chi connectivity index (χ0) is 27.1. The molecule has 2 aromatic heterocycles. The first-order valence-corrected chi connectivity index (χ1v) is 11.0. The molecule has 8 nitrogen and oxygen atoms in total. The molecule has 3 heterocycles. The zero-order valence-electron chi connectivity index (χ0n) is 19.3. The summed E-state index contributed by atoms with van der Waals surface area (Å²) in [5, 5.41) is 2.34. The lowest BCUT2D eigenvalue weighted by atomic mass is 10.0. The predicted molar refractivity (Wildman–Crippen MR) is 116 cm³/mol. The fourth-order valence-electron chi connectivity index (χ4n) is 4.13. The van der Waals surface area contributed by atoms with E-state index in [0.717, 1.165) is 4.57 Å². The van der Waals surface area contributed by atoms with Gasteiger partial charge in [-0.05, 0) is 30.2 Å². The molecule has 4 rings (SSSR count). The molecule has 0 saturated heterocycles. The summed E-state index contributed by atoms with van der Waals surface area (Å²) in [7, 11) is 1.36. The van der Waals surface area contributed by atoms with Crippen LogP contribution >= 0.6 is 0 Å². The molecule has 0 aliphatic carbocycles. The Hall–Kier alpha value is -3.81. The maximum Gasteiger partial charge on any atom is 0.449 e. The summed E-state index contributed by atoms with van der Waals surface area (Å²) in [6.07, 6.45) is -5.37. The van der Waals surface area contributed by atoms with Crippen LogP contribution in [-0.4, -0.2) is 45.9 Å². The van der Waals surface area contributed by atoms with Crippen molar-refractivity contribution in [2.75, 3.05) is 13.6 Å². The number of nitrogens with zero attached hydrogens (tertiary/aromatic N) is 3. The third kappa shape index (κ3) is 5.33. The van der Waals surface area contributed by atoms with Gasteiger partial charge in [-0.3, -0.25) is 9.59 Å². The van der Waals surface area contributed by atoms with Crippen molar-refractivity contribution in [2.24, 2.45) is 5.73 Å². The molecular weight excluding hydrogens is 508 g/mol. The van der Waals surface area contributed by atoms with E-state index in [0.29, 0.717) is 12.1 Å². The second-order valence-electron chi connectivity index (χ2n) is 8.46. The van der Waals surface area contributed by atoms with E-state index in [9.17, 15) is 35.9 Å². The molecule has 0 radical (unpaired) electrons. The Morgan fingerprint density at radius 3 is 2.51 bits per heavy atom. The van der Waals surface area contributed by atoms with Gasteiger partial charge in [-0.2, -0.15) is 13.2 Å². The summed E-state index contributed by atoms with van der Waals surface area (Å²) in [5.41, 5.74) is 5.60. The molecule has 0 unspecified atom stereocenters. The molecule has 2 amide bonds. The van der Waals surface area contributed by atoms with Crippen molar-refractivity contribution in [2.45, 2.75) is 38.1 Å². The highest BCUT2D eigenvalue weighted by molar-refractivity contribution is 5.91. The minimum absolute atomic E-state index is 0.0463. The number of rotatable bonds is 6. The Labute approximate surface area is 206 Å². The fraction of sp³-hybridized carbons (Fsp3) is 0.348. The van der Waals surface area contributed by atoms with Crippen LogP contribution in [0, 0.1) is 17.5 Å². The quantitative estimate of drug-likeness (QED) is 0.377. The molecule has 3 aromatic rings. The average Bonchev–Trinajstić information content (AvgIpc) is 3.46. The van der Waals surface area contributed by atoms with Crippen LogP contribution in [-0.2, 0) is 30.5 Å². The van der Waals surface area contributed by atoms with E-state index in [1.54, 1.807) is 0 Å². The molecule has 0 spiro atoms. The summed E-state index contributed by atoms with van der Waals surface area (Å²) >= 11 is 0. The van der Waals surface area contributed by atoms with Crippen LogP contribution in [0.5, 0.6) is 0 Å². The van der Waals surface area contributed by atoms with Crippen molar-refractivity contribution in [3.05, 3.63) is 64.6 Å². The minimum atomic E-state index is -4.79. The number of hydrogen-bond acceptors (Lipinski definition) is 5. The Bertz CT molecular complexity index is 1350. The van der Waals surface area contributed by atoms with Crippen LogP contribution < -0.4 is 11.1 Å². The predicted octanol–water partition coefficient (Wildman–Crippen LogP) is 3.24. The highest BCUT2D eigenvalue weighted by Crippen LogP contribution is 2.36. The summed E-state index contributed by atoms with van der Waals surface area (Å²) < 4.78 is 87.9. The summed E-state index contributed by atoms with van der Waals surface area (Å²) in [5.74, 6) is -6.14. The first kappa shape index (κ1) is 26.3. The van der Waals surface area contributed by atoms with Gasteiger partial charge in [0.25, 0.3) is 5.91 Å². The van der Waals surface area contributed by atoms with E-state index in [-0.39, 0.29) is 60.9 Å². The number of carbonyl (C=O) groups excluding carboxylic acids is 2. The lowest BCUT2D eigenvalue weighted by molar-refractivity contribution is -0.148. The highest BCUT2D eigenvalue weighted by Gasteiger charge is 2.41. The second-order valence-corrected chi connectivity index (χ2v) is 8.46. The van der Waals surface area contributed by atoms with E-state index in [1.807, 2.05) is 0 Å². The largest absolute Gasteiger partial charge is 0.449 e. The molecule has 1 aliphatic heterocycles. The minimum Gasteiger partial charge on any atom is -0.449 e. The Kier molecular flexibility index (Phi) is 7.04. The summed E-state index contributed by atoms with van der Waals surface area (Å²) in [6.45, 7) is -0.572. The van der Waals surface area contributed by atoms with E-state index in [2.05, 4.69) is 10.3 Å². The van der Waals surface area contributed by atoms with Crippen LogP contribution in [0.2, 0.25) is 0 Å². The molecule has 37 heavy (non-hydrogen) atoms. The Morgan fingerprint density at radius 1 is 1.14 bits per heavy atom. The van der Waals surface area contributed by atoms with E-state index in [4.69, 9.17) is 10.2 Å². The molecule has 0 bridgehead atoms. The number of fused-ring (bicyclic) bond motifs is 1. The average molecular weight is 529 g/mol. The number of furan rings is 1. The zero-order valence-corrected chi connectivity index (χ0v) is 19.3. The number of nitrogens with one attached hydrogen (secondary N) is 1. The van der Waals surface area contributed by atoms with Gasteiger partial charge in [0.05, 0.1) is 12.2 Å². The maximum absolute atomic E-state index is 13.9. The van der Waals surface area contributed by atoms with Crippen LogP contribution in [0.3, 0.4) is 0 Å². The Balaban J connectivity index is 1.55. The van der Waals surface area contributed by atoms with Crippen molar-refractivity contribution >= 4 is 11.8 Å². The standard InChI is InChI=1S/C23H21F6N5O3/c1-31-21(36)18-3-2-17(37-18)20-16-10-33(4-5-34(16)22(32-20)23(27,28)29)19(35)8-12(30)6-11-7-14(25)15(26)9-13(11)24/h2-3,7,9,12H,4-6,8,10,30H2,1H3,(H,31,36)/t12-/m1/s1. The molecule has 1 atom stereocenters. The Morgan fingerprint density at radius 2 is 1.84 bits per heavy atom. The molecule has 14 heteroatoms. The molecule has 1 aromatic carbocycles. The van der Waals surface area contributed by atoms with Gasteiger partial charge < -0.3 is 24.9 Å². The van der Waals surface area contributed by atoms with E-state index < -0.39 is 47.3 Å². The van der Waals surface area contributed by atoms with Crippen LogP contribution in [0.25, 0.3) is 11.5 Å². The summed E-state index contributed by atoms with van der Waals surface area (Å²) in [6, 6.07) is 2.67. The number of alkyl halides is 3. The second kappa shape index (κ2) is 9.92. The van der Waals surface area contributed by atoms with Crippen molar-refractivity contribution in [1.82, 2.24) is 19.8 Å². The third-order valence-corrected chi connectivity index (χ3v) is 5.91. The number of nitrogens with two attached hydrogens (primary N) is 1. The number of amides is 2. The van der Waals surface area contributed by atoms with Gasteiger partial charge in [0.15, 0.2) is 23.2 Å². The molecule has 3 N–H and O–H groups in total. The number of carbonyl (C=O) groups is 2. The van der Waals surface area contributed by atoms with Gasteiger partial charge in [0.2, 0.25) is 11.7 Å². The number of hydrogen-bond donors (Lipinski definition) is 2. The number of aromatic nitrogens is 2. The molecule has 198 valence electrons. The van der Waals surface area contributed by atoms with E-state index >= 15 is 0 Å². The van der Waals surface area contributed by atoms with Crippen LogP contribution in [0.1, 0.15) is 34.1 Å². The van der Waals surface area contributed by atoms with Gasteiger partial charge >= 0.3 is 6.18 Å². The molecular formula is C23H21F6N5O3. The van der Waals surface area contributed by atoms with Gasteiger partial charge in [0, 0.05) is 38.7 Å². The highest BCUT2D eigenvalue weighted by atomic mass is 19.4. The third-order valence-electron chi connectivity index (χ3n) is 5.91. The fourth-order valence-corrected chi connectivity index (χ4v) is 4.13. The van der Waals surface area contributed by atoms with Gasteiger partial charge in [-0.15, -0.1) is 0 Å². The smallest absolute Gasteiger partial charge is 0.449 e. The van der Waals surface area contributed by atoms with Gasteiger partial charge in [0.1, 0.15) is 11.5 Å². The molecule has 0 fully saturated rings. The number of benzene rings is 1.